The smallest absolute Gasteiger partial charge is 0.475 e. The van der Waals surface area contributed by atoms with Gasteiger partial charge in [0.15, 0.2) is 0 Å². The van der Waals surface area contributed by atoms with Gasteiger partial charge in [0.1, 0.15) is 5.82 Å². The summed E-state index contributed by atoms with van der Waals surface area (Å²) in [4.78, 5) is 28.5. The van der Waals surface area contributed by atoms with Crippen molar-refractivity contribution in [2.24, 2.45) is 0 Å². The number of hydrogen-bond acceptors (Lipinski definition) is 4. The zero-order chi connectivity index (χ0) is 21.7. The van der Waals surface area contributed by atoms with Gasteiger partial charge in [-0.05, 0) is 30.3 Å². The van der Waals surface area contributed by atoms with E-state index >= 15 is 0 Å². The van der Waals surface area contributed by atoms with Crippen molar-refractivity contribution in [2.45, 2.75) is 12.6 Å². The number of aromatic nitrogens is 2. The molecule has 0 atom stereocenters. The number of halogens is 3. The molecule has 0 saturated heterocycles. The molecule has 1 aromatic carbocycles. The first-order valence-electron chi connectivity index (χ1n) is 8.83. The summed E-state index contributed by atoms with van der Waals surface area (Å²) in [5.41, 5.74) is 4.66. The van der Waals surface area contributed by atoms with Gasteiger partial charge in [-0.2, -0.15) is 13.2 Å². The number of benzene rings is 1. The third kappa shape index (κ3) is 5.16. The van der Waals surface area contributed by atoms with Crippen LogP contribution in [0.5, 0.6) is 0 Å². The van der Waals surface area contributed by atoms with E-state index < -0.39 is 12.1 Å². The Morgan fingerprint density at radius 2 is 1.83 bits per heavy atom. The Bertz CT molecular complexity index is 1050. The average Bonchev–Trinajstić information content (AvgIpc) is 3.15. The molecule has 10 heteroatoms. The van der Waals surface area contributed by atoms with Crippen molar-refractivity contribution in [2.75, 3.05) is 11.9 Å². The minimum absolute atomic E-state index is 0.00885. The summed E-state index contributed by atoms with van der Waals surface area (Å²) < 4.78 is 31.7. The number of carboxylic acids is 1. The number of nitrogens with one attached hydrogen (secondary N) is 3. The first-order chi connectivity index (χ1) is 14.2. The number of carboxylic acid groups (broad SMARTS) is 1. The number of fused-ring (bicyclic) bond motifs is 1. The van der Waals surface area contributed by atoms with Gasteiger partial charge in [0.05, 0.1) is 5.56 Å². The van der Waals surface area contributed by atoms with Gasteiger partial charge in [-0.3, -0.25) is 4.79 Å². The molecule has 30 heavy (non-hydrogen) atoms. The number of carbonyl (C=O) groups excluding carboxylic acids is 1. The highest BCUT2D eigenvalue weighted by atomic mass is 19.4. The van der Waals surface area contributed by atoms with Gasteiger partial charge in [-0.25, -0.2) is 9.78 Å². The molecule has 0 spiro atoms. The van der Waals surface area contributed by atoms with Crippen LogP contribution in [-0.2, 0) is 11.2 Å². The molecule has 1 aliphatic heterocycles. The first kappa shape index (κ1) is 20.9. The number of hydrogen-bond donors (Lipinski definition) is 4. The minimum Gasteiger partial charge on any atom is -0.475 e. The molecule has 0 fully saturated rings. The molecule has 0 bridgehead atoms. The third-order valence-corrected chi connectivity index (χ3v) is 4.16. The molecule has 3 aromatic rings. The van der Waals surface area contributed by atoms with Crippen LogP contribution in [0.25, 0.3) is 11.3 Å². The zero-order valence-electron chi connectivity index (χ0n) is 15.5. The van der Waals surface area contributed by atoms with Gasteiger partial charge in [-0.1, -0.05) is 18.2 Å². The lowest BCUT2D eigenvalue weighted by Crippen LogP contribution is -2.31. The lowest BCUT2D eigenvalue weighted by atomic mass is 10.1. The number of aromatic amines is 1. The molecule has 0 unspecified atom stereocenters. The van der Waals surface area contributed by atoms with Gasteiger partial charge in [0.25, 0.3) is 5.91 Å². The largest absolute Gasteiger partial charge is 0.490 e. The molecule has 7 nitrogen and oxygen atoms in total. The van der Waals surface area contributed by atoms with Crippen LogP contribution in [0.15, 0.2) is 54.7 Å². The van der Waals surface area contributed by atoms with Crippen molar-refractivity contribution < 1.29 is 27.9 Å². The maximum Gasteiger partial charge on any atom is 0.490 e. The van der Waals surface area contributed by atoms with E-state index in [2.05, 4.69) is 20.6 Å². The van der Waals surface area contributed by atoms with Crippen molar-refractivity contribution in [1.29, 1.82) is 0 Å². The number of amides is 1. The monoisotopic (exact) mass is 418 g/mol. The van der Waals surface area contributed by atoms with E-state index in [4.69, 9.17) is 9.90 Å². The molecule has 0 radical (unpaired) electrons. The number of para-hydroxylation sites is 1. The van der Waals surface area contributed by atoms with Crippen molar-refractivity contribution in [3.63, 3.8) is 0 Å². The SMILES string of the molecule is O=C(O)C(F)(F)F.O=C1NCCc2[nH]c(-c3ccnc(Nc4ccccc4)c3)cc21. The van der Waals surface area contributed by atoms with Crippen molar-refractivity contribution in [1.82, 2.24) is 15.3 Å². The van der Waals surface area contributed by atoms with Crippen LogP contribution in [0.2, 0.25) is 0 Å². The van der Waals surface area contributed by atoms with E-state index in [0.29, 0.717) is 6.54 Å². The molecule has 4 N–H and O–H groups in total. The summed E-state index contributed by atoms with van der Waals surface area (Å²) in [6.07, 6.45) is -2.48. The Morgan fingerprint density at radius 3 is 2.47 bits per heavy atom. The standard InChI is InChI=1S/C18H16N4O.C2HF3O2/c23-18-14-11-16(22-15(14)7-9-20-18)12-6-8-19-17(10-12)21-13-4-2-1-3-5-13;3-2(4,5)1(6)7/h1-6,8,10-11,22H,7,9H2,(H,19,21)(H,20,23);(H,6,7). The first-order valence-corrected chi connectivity index (χ1v) is 8.83. The fourth-order valence-corrected chi connectivity index (χ4v) is 2.78. The van der Waals surface area contributed by atoms with Gasteiger partial charge >= 0.3 is 12.1 Å². The van der Waals surface area contributed by atoms with E-state index in [1.807, 2.05) is 48.5 Å². The van der Waals surface area contributed by atoms with Crippen molar-refractivity contribution in [3.05, 3.63) is 66.0 Å². The molecular weight excluding hydrogens is 401 g/mol. The van der Waals surface area contributed by atoms with Gasteiger partial charge in [0.2, 0.25) is 0 Å². The molecule has 1 amide bonds. The Morgan fingerprint density at radius 1 is 1.13 bits per heavy atom. The Balaban J connectivity index is 0.000000318. The highest BCUT2D eigenvalue weighted by Gasteiger charge is 2.38. The van der Waals surface area contributed by atoms with E-state index in [-0.39, 0.29) is 5.91 Å². The fourth-order valence-electron chi connectivity index (χ4n) is 2.78. The molecular formula is C20H17F3N4O3. The van der Waals surface area contributed by atoms with Crippen LogP contribution < -0.4 is 10.6 Å². The quantitative estimate of drug-likeness (QED) is 0.518. The van der Waals surface area contributed by atoms with Crippen molar-refractivity contribution in [3.8, 4) is 11.3 Å². The van der Waals surface area contributed by atoms with Gasteiger partial charge in [-0.15, -0.1) is 0 Å². The second-order valence-electron chi connectivity index (χ2n) is 6.30. The summed E-state index contributed by atoms with van der Waals surface area (Å²) in [6, 6.07) is 15.7. The van der Waals surface area contributed by atoms with Crippen LogP contribution in [0.1, 0.15) is 16.1 Å². The average molecular weight is 418 g/mol. The maximum absolute atomic E-state index is 11.9. The number of carbonyl (C=O) groups is 2. The Labute approximate surface area is 169 Å². The number of anilines is 2. The van der Waals surface area contributed by atoms with E-state index in [1.54, 1.807) is 6.20 Å². The summed E-state index contributed by atoms with van der Waals surface area (Å²) in [6.45, 7) is 0.683. The third-order valence-electron chi connectivity index (χ3n) is 4.16. The second-order valence-corrected chi connectivity index (χ2v) is 6.30. The topological polar surface area (TPSA) is 107 Å². The molecule has 2 aromatic heterocycles. The fraction of sp³-hybridized carbons (Fsp3) is 0.150. The van der Waals surface area contributed by atoms with E-state index in [9.17, 15) is 18.0 Å². The summed E-state index contributed by atoms with van der Waals surface area (Å²) in [5.74, 6) is -2.00. The van der Waals surface area contributed by atoms with Crippen LogP contribution >= 0.6 is 0 Å². The van der Waals surface area contributed by atoms with Gasteiger partial charge in [0, 0.05) is 41.8 Å². The van der Waals surface area contributed by atoms with Crippen LogP contribution in [0, 0.1) is 0 Å². The lowest BCUT2D eigenvalue weighted by molar-refractivity contribution is -0.192. The number of pyridine rings is 1. The van der Waals surface area contributed by atoms with Gasteiger partial charge < -0.3 is 20.7 Å². The predicted octanol–water partition coefficient (Wildman–Crippen LogP) is 3.74. The van der Waals surface area contributed by atoms with Crippen LogP contribution in [0.3, 0.4) is 0 Å². The number of aliphatic carboxylic acids is 1. The number of rotatable bonds is 3. The normalized spacial score (nSPS) is 12.8. The highest BCUT2D eigenvalue weighted by molar-refractivity contribution is 5.97. The van der Waals surface area contributed by atoms with E-state index in [1.165, 1.54) is 0 Å². The Hall–Kier alpha value is -3.82. The molecule has 4 rings (SSSR count). The molecule has 156 valence electrons. The summed E-state index contributed by atoms with van der Waals surface area (Å²) >= 11 is 0. The molecule has 0 saturated carbocycles. The molecule has 0 aliphatic carbocycles. The van der Waals surface area contributed by atoms with Crippen molar-refractivity contribution >= 4 is 23.4 Å². The summed E-state index contributed by atoms with van der Waals surface area (Å²) in [5, 5.41) is 13.3. The van der Waals surface area contributed by atoms with Crippen LogP contribution in [0.4, 0.5) is 24.7 Å². The highest BCUT2D eigenvalue weighted by Crippen LogP contribution is 2.26. The number of nitrogens with zero attached hydrogens (tertiary/aromatic N) is 1. The number of H-pyrrole nitrogens is 1. The predicted molar refractivity (Wildman–Crippen MR) is 103 cm³/mol. The molecule has 1 aliphatic rings. The number of alkyl halides is 3. The molecule has 3 heterocycles. The lowest BCUT2D eigenvalue weighted by Gasteiger charge is -2.11. The summed E-state index contributed by atoms with van der Waals surface area (Å²) in [7, 11) is 0. The second kappa shape index (κ2) is 8.68. The zero-order valence-corrected chi connectivity index (χ0v) is 15.5. The van der Waals surface area contributed by atoms with E-state index in [0.717, 1.165) is 40.4 Å². The minimum atomic E-state index is -5.08. The maximum atomic E-state index is 11.9. The Kier molecular flexibility index (Phi) is 6.05. The van der Waals surface area contributed by atoms with Crippen LogP contribution in [-0.4, -0.2) is 39.7 Å².